The van der Waals surface area contributed by atoms with Gasteiger partial charge in [-0.3, -0.25) is 4.79 Å². The maximum atomic E-state index is 11.5. The van der Waals surface area contributed by atoms with Crippen molar-refractivity contribution in [1.29, 1.82) is 0 Å². The lowest BCUT2D eigenvalue weighted by Crippen LogP contribution is -2.34. The van der Waals surface area contributed by atoms with Gasteiger partial charge in [-0.25, -0.2) is 0 Å². The first kappa shape index (κ1) is 18.7. The van der Waals surface area contributed by atoms with Gasteiger partial charge >= 0.3 is 0 Å². The Morgan fingerprint density at radius 3 is 2.80 bits per heavy atom. The van der Waals surface area contributed by atoms with Crippen LogP contribution in [0.3, 0.4) is 0 Å². The summed E-state index contributed by atoms with van der Waals surface area (Å²) in [5.74, 6) is 0.733. The Bertz CT molecular complexity index is 398. The highest BCUT2D eigenvalue weighted by molar-refractivity contribution is 5.85. The fourth-order valence-electron chi connectivity index (χ4n) is 1.61. The summed E-state index contributed by atoms with van der Waals surface area (Å²) in [6.45, 7) is 3.25. The first-order chi connectivity index (χ1) is 9.15. The normalized spacial score (nSPS) is 11.3. The van der Waals surface area contributed by atoms with Crippen LogP contribution in [-0.4, -0.2) is 38.8 Å². The summed E-state index contributed by atoms with van der Waals surface area (Å²) in [6, 6.07) is 7.79. The highest BCUT2D eigenvalue weighted by Gasteiger charge is 2.10. The predicted octanol–water partition coefficient (Wildman–Crippen LogP) is 1.28. The average Bonchev–Trinajstić information content (AvgIpc) is 2.41. The zero-order valence-corrected chi connectivity index (χ0v) is 12.7. The van der Waals surface area contributed by atoms with Crippen molar-refractivity contribution >= 4 is 18.3 Å². The Morgan fingerprint density at radius 2 is 2.20 bits per heavy atom. The molecule has 0 bridgehead atoms. The Balaban J connectivity index is 0.00000361. The first-order valence-electron chi connectivity index (χ1n) is 6.34. The average molecular weight is 303 g/mol. The number of nitrogens with one attached hydrogen (secondary N) is 1. The van der Waals surface area contributed by atoms with Crippen LogP contribution < -0.4 is 15.8 Å². The van der Waals surface area contributed by atoms with Gasteiger partial charge in [0.1, 0.15) is 12.4 Å². The maximum absolute atomic E-state index is 11.5. The standard InChI is InChI=1S/C14H22N2O3.ClH/c1-11-4-3-5-12(8-11)19-7-6-16-14(17)9-13(10-15)18-2;/h3-5,8,13H,6-7,9-10,15H2,1-2H3,(H,16,17);1H. The number of carbonyl (C=O) groups excluding carboxylic acids is 1. The summed E-state index contributed by atoms with van der Waals surface area (Å²) in [6.07, 6.45) is 0.0509. The third-order valence-electron chi connectivity index (χ3n) is 2.69. The molecule has 0 fully saturated rings. The number of rotatable bonds is 8. The minimum Gasteiger partial charge on any atom is -0.492 e. The van der Waals surface area contributed by atoms with Gasteiger partial charge in [0.2, 0.25) is 5.91 Å². The quantitative estimate of drug-likeness (QED) is 0.709. The molecule has 0 radical (unpaired) electrons. The Hall–Kier alpha value is -1.30. The van der Waals surface area contributed by atoms with E-state index in [1.165, 1.54) is 0 Å². The number of halogens is 1. The summed E-state index contributed by atoms with van der Waals surface area (Å²) in [5, 5.41) is 2.77. The van der Waals surface area contributed by atoms with Crippen LogP contribution >= 0.6 is 12.4 Å². The van der Waals surface area contributed by atoms with Gasteiger partial charge in [-0.05, 0) is 24.6 Å². The fourth-order valence-corrected chi connectivity index (χ4v) is 1.61. The van der Waals surface area contributed by atoms with E-state index in [1.807, 2.05) is 31.2 Å². The van der Waals surface area contributed by atoms with Crippen LogP contribution in [0.25, 0.3) is 0 Å². The van der Waals surface area contributed by atoms with Crippen LogP contribution in [-0.2, 0) is 9.53 Å². The highest BCUT2D eigenvalue weighted by Crippen LogP contribution is 2.11. The molecule has 1 aromatic rings. The van der Waals surface area contributed by atoms with Gasteiger partial charge in [0.05, 0.1) is 19.1 Å². The first-order valence-corrected chi connectivity index (χ1v) is 6.34. The molecule has 0 saturated carbocycles. The van der Waals surface area contributed by atoms with Crippen molar-refractivity contribution in [2.45, 2.75) is 19.4 Å². The van der Waals surface area contributed by atoms with E-state index in [0.717, 1.165) is 11.3 Å². The molecular weight excluding hydrogens is 280 g/mol. The molecule has 1 rings (SSSR count). The van der Waals surface area contributed by atoms with Crippen molar-refractivity contribution in [3.8, 4) is 5.75 Å². The van der Waals surface area contributed by atoms with Crippen molar-refractivity contribution in [2.24, 2.45) is 5.73 Å². The third kappa shape index (κ3) is 7.33. The molecule has 1 amide bonds. The maximum Gasteiger partial charge on any atom is 0.222 e. The number of benzene rings is 1. The van der Waals surface area contributed by atoms with Crippen LogP contribution in [0.1, 0.15) is 12.0 Å². The van der Waals surface area contributed by atoms with E-state index in [1.54, 1.807) is 7.11 Å². The second kappa shape index (κ2) is 10.5. The number of hydrogen-bond acceptors (Lipinski definition) is 4. The zero-order valence-electron chi connectivity index (χ0n) is 11.9. The van der Waals surface area contributed by atoms with Crippen molar-refractivity contribution in [2.75, 3.05) is 26.8 Å². The largest absolute Gasteiger partial charge is 0.492 e. The molecule has 0 aliphatic carbocycles. The third-order valence-corrected chi connectivity index (χ3v) is 2.69. The molecule has 0 heterocycles. The van der Waals surface area contributed by atoms with Gasteiger partial charge < -0.3 is 20.5 Å². The number of amides is 1. The molecule has 1 unspecified atom stereocenters. The summed E-state index contributed by atoms with van der Waals surface area (Å²) in [7, 11) is 1.55. The van der Waals surface area contributed by atoms with Crippen LogP contribution in [0.4, 0.5) is 0 Å². The smallest absolute Gasteiger partial charge is 0.222 e. The molecule has 0 spiro atoms. The van der Waals surface area contributed by atoms with E-state index in [9.17, 15) is 4.79 Å². The SMILES string of the molecule is COC(CN)CC(=O)NCCOc1cccc(C)c1.Cl. The topological polar surface area (TPSA) is 73.6 Å². The number of aryl methyl sites for hydroxylation is 1. The summed E-state index contributed by atoms with van der Waals surface area (Å²) < 4.78 is 10.6. The predicted molar refractivity (Wildman–Crippen MR) is 81.4 cm³/mol. The van der Waals surface area contributed by atoms with Crippen molar-refractivity contribution in [3.05, 3.63) is 29.8 Å². The number of nitrogens with two attached hydrogens (primary N) is 1. The molecule has 3 N–H and O–H groups in total. The van der Waals surface area contributed by atoms with Crippen LogP contribution in [0.15, 0.2) is 24.3 Å². The molecule has 0 saturated heterocycles. The summed E-state index contributed by atoms with van der Waals surface area (Å²) >= 11 is 0. The van der Waals surface area contributed by atoms with Crippen molar-refractivity contribution in [3.63, 3.8) is 0 Å². The lowest BCUT2D eigenvalue weighted by Gasteiger charge is -2.13. The molecule has 1 aromatic carbocycles. The fraction of sp³-hybridized carbons (Fsp3) is 0.500. The highest BCUT2D eigenvalue weighted by atomic mass is 35.5. The second-order valence-corrected chi connectivity index (χ2v) is 4.31. The number of carbonyl (C=O) groups is 1. The van der Waals surface area contributed by atoms with Crippen LogP contribution in [0.2, 0.25) is 0 Å². The molecule has 0 aliphatic heterocycles. The summed E-state index contributed by atoms with van der Waals surface area (Å²) in [5.41, 5.74) is 6.59. The molecule has 5 nitrogen and oxygen atoms in total. The lowest BCUT2D eigenvalue weighted by molar-refractivity contribution is -0.123. The molecule has 1 atom stereocenters. The number of hydrogen-bond donors (Lipinski definition) is 2. The molecule has 6 heteroatoms. The van der Waals surface area contributed by atoms with E-state index in [2.05, 4.69) is 5.32 Å². The Labute approximate surface area is 126 Å². The van der Waals surface area contributed by atoms with Gasteiger partial charge in [-0.1, -0.05) is 12.1 Å². The van der Waals surface area contributed by atoms with Crippen molar-refractivity contribution < 1.29 is 14.3 Å². The van der Waals surface area contributed by atoms with Gasteiger partial charge in [0.25, 0.3) is 0 Å². The second-order valence-electron chi connectivity index (χ2n) is 4.31. The molecule has 0 aliphatic rings. The minimum atomic E-state index is -0.224. The number of methoxy groups -OCH3 is 1. The van der Waals surface area contributed by atoms with E-state index >= 15 is 0 Å². The van der Waals surface area contributed by atoms with Gasteiger partial charge in [-0.2, -0.15) is 0 Å². The molecule has 20 heavy (non-hydrogen) atoms. The van der Waals surface area contributed by atoms with E-state index in [-0.39, 0.29) is 30.8 Å². The lowest BCUT2D eigenvalue weighted by atomic mass is 10.2. The van der Waals surface area contributed by atoms with Crippen LogP contribution in [0.5, 0.6) is 5.75 Å². The minimum absolute atomic E-state index is 0. The number of ether oxygens (including phenoxy) is 2. The van der Waals surface area contributed by atoms with Crippen LogP contribution in [0, 0.1) is 6.92 Å². The molecule has 0 aromatic heterocycles. The van der Waals surface area contributed by atoms with Gasteiger partial charge in [0.15, 0.2) is 0 Å². The van der Waals surface area contributed by atoms with E-state index in [0.29, 0.717) is 19.7 Å². The van der Waals surface area contributed by atoms with Gasteiger partial charge in [-0.15, -0.1) is 12.4 Å². The monoisotopic (exact) mass is 302 g/mol. The Kier molecular flexibility index (Phi) is 9.80. The van der Waals surface area contributed by atoms with Crippen molar-refractivity contribution in [1.82, 2.24) is 5.32 Å². The zero-order chi connectivity index (χ0) is 14.1. The molecular formula is C14H23ClN2O3. The van der Waals surface area contributed by atoms with Gasteiger partial charge in [0, 0.05) is 13.7 Å². The molecule has 114 valence electrons. The Morgan fingerprint density at radius 1 is 1.45 bits per heavy atom. The summed E-state index contributed by atoms with van der Waals surface area (Å²) in [4.78, 5) is 11.5. The van der Waals surface area contributed by atoms with E-state index in [4.69, 9.17) is 15.2 Å². The van der Waals surface area contributed by atoms with E-state index < -0.39 is 0 Å².